The lowest BCUT2D eigenvalue weighted by Gasteiger charge is -2.53. The van der Waals surface area contributed by atoms with Crippen LogP contribution in [0.1, 0.15) is 57.1 Å². The smallest absolute Gasteiger partial charge is 0.334 e. The molecule has 0 aromatic carbocycles. The summed E-state index contributed by atoms with van der Waals surface area (Å²) in [5.41, 5.74) is 4.26. The fraction of sp³-hybridized carbons (Fsp3) is 0.632. The molecule has 0 amide bonds. The Hall–Kier alpha value is -3.11. The number of anilines is 1. The lowest BCUT2D eigenvalue weighted by molar-refractivity contribution is 0.107. The fourth-order valence-corrected chi connectivity index (χ4v) is 4.79. The normalized spacial score (nSPS) is 18.5. The number of hydrogen-bond donors (Lipinski definition) is 4. The zero-order chi connectivity index (χ0) is 21.5. The first-order valence-corrected chi connectivity index (χ1v) is 10.4. The average molecular weight is 416 g/mol. The predicted molar refractivity (Wildman–Crippen MR) is 111 cm³/mol. The van der Waals surface area contributed by atoms with Crippen molar-refractivity contribution in [1.82, 2.24) is 24.3 Å². The lowest BCUT2D eigenvalue weighted by Crippen LogP contribution is -2.58. The van der Waals surface area contributed by atoms with Gasteiger partial charge < -0.3 is 15.7 Å². The number of aromatic hydroxyl groups is 1. The third-order valence-corrected chi connectivity index (χ3v) is 6.49. The van der Waals surface area contributed by atoms with Crippen LogP contribution in [0.4, 0.5) is 5.95 Å². The van der Waals surface area contributed by atoms with Crippen molar-refractivity contribution < 1.29 is 5.11 Å². The van der Waals surface area contributed by atoms with Gasteiger partial charge in [-0.15, -0.1) is 0 Å². The van der Waals surface area contributed by atoms with Gasteiger partial charge in [0.1, 0.15) is 17.7 Å². The van der Waals surface area contributed by atoms with Gasteiger partial charge in [-0.3, -0.25) is 19.3 Å². The zero-order valence-electron chi connectivity index (χ0n) is 17.1. The van der Waals surface area contributed by atoms with Gasteiger partial charge in [-0.2, -0.15) is 10.1 Å². The minimum Gasteiger partial charge on any atom is -0.494 e. The van der Waals surface area contributed by atoms with E-state index in [9.17, 15) is 14.7 Å². The maximum Gasteiger partial charge on any atom is 0.334 e. The van der Waals surface area contributed by atoms with E-state index in [-0.39, 0.29) is 23.6 Å². The van der Waals surface area contributed by atoms with E-state index in [4.69, 9.17) is 11.1 Å². The molecule has 4 rings (SSSR count). The summed E-state index contributed by atoms with van der Waals surface area (Å²) < 4.78 is 2.40. The molecule has 3 heterocycles. The number of nitrogen functional groups attached to an aromatic ring is 1. The summed E-state index contributed by atoms with van der Waals surface area (Å²) in [6.07, 6.45) is 6.15. The first kappa shape index (κ1) is 20.2. The molecule has 1 saturated heterocycles. The predicted octanol–water partition coefficient (Wildman–Crippen LogP) is 0.540. The zero-order valence-corrected chi connectivity index (χ0v) is 17.1. The van der Waals surface area contributed by atoms with Crippen LogP contribution in [0.2, 0.25) is 0 Å². The Kier molecular flexibility index (Phi) is 5.12. The van der Waals surface area contributed by atoms with Gasteiger partial charge in [-0.25, -0.2) is 9.89 Å². The summed E-state index contributed by atoms with van der Waals surface area (Å²) >= 11 is 0. The molecule has 0 unspecified atom stereocenters. The molecule has 1 saturated carbocycles. The van der Waals surface area contributed by atoms with Crippen LogP contribution in [0, 0.1) is 10.8 Å². The number of rotatable bonds is 6. The Labute approximate surface area is 173 Å². The molecule has 1 aliphatic carbocycles. The highest BCUT2D eigenvalue weighted by atomic mass is 16.3. The number of nitrogens with zero attached hydrogens (tertiary/aromatic N) is 5. The SMILES string of the molecule is CCCCn1c(O)c(C(=N)N)c(=O)n(C2CCC3(CC2)CN(c2ncn[nH]2)C3)c1=O. The monoisotopic (exact) mass is 416 g/mol. The quantitative estimate of drug-likeness (QED) is 0.395. The van der Waals surface area contributed by atoms with Crippen molar-refractivity contribution in [3.8, 4) is 5.88 Å². The lowest BCUT2D eigenvalue weighted by atomic mass is 9.67. The summed E-state index contributed by atoms with van der Waals surface area (Å²) in [5.74, 6) is -0.260. The van der Waals surface area contributed by atoms with E-state index in [2.05, 4.69) is 20.1 Å². The Bertz CT molecular complexity index is 1040. The van der Waals surface area contributed by atoms with E-state index >= 15 is 0 Å². The fourth-order valence-electron chi connectivity index (χ4n) is 4.79. The molecule has 1 spiro atoms. The van der Waals surface area contributed by atoms with Crippen LogP contribution in [0.25, 0.3) is 0 Å². The highest BCUT2D eigenvalue weighted by molar-refractivity contribution is 5.96. The van der Waals surface area contributed by atoms with E-state index in [1.807, 2.05) is 6.92 Å². The molecule has 162 valence electrons. The van der Waals surface area contributed by atoms with Gasteiger partial charge in [0.2, 0.25) is 11.8 Å². The molecule has 30 heavy (non-hydrogen) atoms. The van der Waals surface area contributed by atoms with Gasteiger partial charge in [0.15, 0.2) is 0 Å². The number of nitrogens with two attached hydrogens (primary N) is 1. The maximum absolute atomic E-state index is 13.1. The van der Waals surface area contributed by atoms with E-state index in [1.54, 1.807) is 0 Å². The summed E-state index contributed by atoms with van der Waals surface area (Å²) in [6.45, 7) is 4.01. The molecule has 2 aromatic rings. The number of unbranched alkanes of at least 4 members (excludes halogenated alkanes) is 1. The largest absolute Gasteiger partial charge is 0.494 e. The molecule has 1 aliphatic heterocycles. The molecular weight excluding hydrogens is 388 g/mol. The second kappa shape index (κ2) is 7.62. The molecule has 2 aliphatic rings. The van der Waals surface area contributed by atoms with Gasteiger partial charge in [-0.1, -0.05) is 13.3 Å². The van der Waals surface area contributed by atoms with Gasteiger partial charge in [0.25, 0.3) is 5.56 Å². The average Bonchev–Trinajstić information content (AvgIpc) is 3.21. The third-order valence-electron chi connectivity index (χ3n) is 6.49. The van der Waals surface area contributed by atoms with Crippen molar-refractivity contribution in [2.75, 3.05) is 18.0 Å². The van der Waals surface area contributed by atoms with Crippen LogP contribution in [-0.2, 0) is 6.54 Å². The second-order valence-electron chi connectivity index (χ2n) is 8.47. The molecular formula is C19H28N8O3. The summed E-state index contributed by atoms with van der Waals surface area (Å²) in [6, 6.07) is -0.262. The van der Waals surface area contributed by atoms with Crippen LogP contribution in [0.5, 0.6) is 5.88 Å². The van der Waals surface area contributed by atoms with E-state index in [0.717, 1.165) is 38.3 Å². The van der Waals surface area contributed by atoms with Crippen LogP contribution in [0.15, 0.2) is 15.9 Å². The van der Waals surface area contributed by atoms with Crippen molar-refractivity contribution in [2.45, 2.75) is 58.0 Å². The molecule has 11 heteroatoms. The summed E-state index contributed by atoms with van der Waals surface area (Å²) in [5, 5.41) is 24.9. The van der Waals surface area contributed by atoms with Crippen molar-refractivity contribution >= 4 is 11.8 Å². The summed E-state index contributed by atoms with van der Waals surface area (Å²) in [7, 11) is 0. The van der Waals surface area contributed by atoms with Gasteiger partial charge in [-0.05, 0) is 32.1 Å². The van der Waals surface area contributed by atoms with Gasteiger partial charge in [0.05, 0.1) is 0 Å². The number of nitrogens with one attached hydrogen (secondary N) is 2. The number of aromatic nitrogens is 5. The molecule has 2 fully saturated rings. The molecule has 0 atom stereocenters. The molecule has 11 nitrogen and oxygen atoms in total. The van der Waals surface area contributed by atoms with Crippen molar-refractivity contribution in [3.05, 3.63) is 32.7 Å². The van der Waals surface area contributed by atoms with E-state index in [1.165, 1.54) is 15.5 Å². The highest BCUT2D eigenvalue weighted by Gasteiger charge is 2.46. The molecule has 0 radical (unpaired) electrons. The number of H-pyrrole nitrogens is 1. The van der Waals surface area contributed by atoms with Crippen LogP contribution in [0.3, 0.4) is 0 Å². The number of amidine groups is 1. The Morgan fingerprint density at radius 1 is 1.37 bits per heavy atom. The topological polar surface area (TPSA) is 159 Å². The van der Waals surface area contributed by atoms with E-state index < -0.39 is 23.0 Å². The van der Waals surface area contributed by atoms with Crippen LogP contribution >= 0.6 is 0 Å². The number of aromatic amines is 1. The molecule has 0 bridgehead atoms. The first-order valence-electron chi connectivity index (χ1n) is 10.4. The minimum atomic E-state index is -0.671. The van der Waals surface area contributed by atoms with E-state index in [0.29, 0.717) is 19.3 Å². The van der Waals surface area contributed by atoms with Crippen LogP contribution in [-0.4, -0.2) is 48.3 Å². The van der Waals surface area contributed by atoms with Gasteiger partial charge in [0, 0.05) is 31.1 Å². The standard InChI is InChI=1S/C19H28N8O3/c1-2-3-8-26-15(28)13(14(20)21)16(29)27(18(26)30)12-4-6-19(7-5-12)9-25(10-19)17-22-11-23-24-17/h11-12,28H,2-10H2,1H3,(H3,20,21)(H,22,23,24). The Morgan fingerprint density at radius 2 is 2.07 bits per heavy atom. The van der Waals surface area contributed by atoms with Crippen molar-refractivity contribution in [2.24, 2.45) is 11.1 Å². The molecule has 2 aromatic heterocycles. The Balaban J connectivity index is 1.57. The van der Waals surface area contributed by atoms with Gasteiger partial charge >= 0.3 is 5.69 Å². The Morgan fingerprint density at radius 3 is 2.63 bits per heavy atom. The first-order chi connectivity index (χ1) is 14.4. The number of hydrogen-bond acceptors (Lipinski definition) is 7. The molecule has 5 N–H and O–H groups in total. The summed E-state index contributed by atoms with van der Waals surface area (Å²) in [4.78, 5) is 32.4. The minimum absolute atomic E-state index is 0.161. The highest BCUT2D eigenvalue weighted by Crippen LogP contribution is 2.47. The maximum atomic E-state index is 13.1. The third kappa shape index (κ3) is 3.27. The van der Waals surface area contributed by atoms with Crippen molar-refractivity contribution in [3.63, 3.8) is 0 Å². The van der Waals surface area contributed by atoms with Crippen LogP contribution < -0.4 is 21.9 Å². The van der Waals surface area contributed by atoms with Crippen molar-refractivity contribution in [1.29, 1.82) is 5.41 Å². The second-order valence-corrected chi connectivity index (χ2v) is 8.47.